The molecule has 0 bridgehead atoms. The lowest BCUT2D eigenvalue weighted by Gasteiger charge is -2.27. The molecular formula is C19H23N5O2. The monoisotopic (exact) mass is 353 g/mol. The fourth-order valence-corrected chi connectivity index (χ4v) is 3.50. The molecule has 0 aliphatic carbocycles. The molecular weight excluding hydrogens is 330 g/mol. The first-order valence-corrected chi connectivity index (χ1v) is 8.83. The zero-order valence-corrected chi connectivity index (χ0v) is 15.4. The Labute approximate surface area is 152 Å². The van der Waals surface area contributed by atoms with Crippen molar-refractivity contribution >= 4 is 0 Å². The number of fused-ring (bicyclic) bond motifs is 1. The van der Waals surface area contributed by atoms with Gasteiger partial charge < -0.3 is 9.26 Å². The van der Waals surface area contributed by atoms with Gasteiger partial charge in [-0.3, -0.25) is 9.58 Å². The minimum absolute atomic E-state index is 0.430. The number of nitrogens with zero attached hydrogens (tertiary/aromatic N) is 5. The first-order chi connectivity index (χ1) is 12.6. The van der Waals surface area contributed by atoms with Gasteiger partial charge in [0.2, 0.25) is 5.88 Å². The van der Waals surface area contributed by atoms with Gasteiger partial charge in [0.15, 0.2) is 0 Å². The van der Waals surface area contributed by atoms with E-state index in [2.05, 4.69) is 20.1 Å². The zero-order valence-electron chi connectivity index (χ0n) is 15.4. The van der Waals surface area contributed by atoms with Gasteiger partial charge >= 0.3 is 0 Å². The average Bonchev–Trinajstić information content (AvgIpc) is 3.14. The van der Waals surface area contributed by atoms with Crippen molar-refractivity contribution in [1.29, 1.82) is 0 Å². The molecule has 1 aliphatic heterocycles. The molecule has 7 heteroatoms. The number of rotatable bonds is 5. The largest absolute Gasteiger partial charge is 0.471 e. The minimum atomic E-state index is 0.430. The van der Waals surface area contributed by atoms with Crippen molar-refractivity contribution in [3.63, 3.8) is 0 Å². The van der Waals surface area contributed by atoms with E-state index in [4.69, 9.17) is 9.26 Å². The van der Waals surface area contributed by atoms with Gasteiger partial charge in [0, 0.05) is 62.2 Å². The summed E-state index contributed by atoms with van der Waals surface area (Å²) in [6, 6.07) is 5.66. The number of hydrogen-bond donors (Lipinski definition) is 0. The van der Waals surface area contributed by atoms with Crippen LogP contribution in [0, 0.1) is 13.8 Å². The highest BCUT2D eigenvalue weighted by Crippen LogP contribution is 2.25. The lowest BCUT2D eigenvalue weighted by atomic mass is 10.0. The molecule has 4 rings (SSSR count). The maximum atomic E-state index is 5.82. The summed E-state index contributed by atoms with van der Waals surface area (Å²) in [5, 5.41) is 8.75. The molecule has 3 aromatic rings. The van der Waals surface area contributed by atoms with Crippen LogP contribution in [0.15, 0.2) is 28.9 Å². The van der Waals surface area contributed by atoms with E-state index in [1.165, 1.54) is 16.8 Å². The SMILES string of the molecule is Cc1noc(C)c1CN1CCc2c(c(COc3ccccn3)nn2C)C1. The van der Waals surface area contributed by atoms with E-state index in [1.54, 1.807) is 6.20 Å². The van der Waals surface area contributed by atoms with Crippen molar-refractivity contribution < 1.29 is 9.26 Å². The Morgan fingerprint density at radius 3 is 2.88 bits per heavy atom. The fraction of sp³-hybridized carbons (Fsp3) is 0.421. The van der Waals surface area contributed by atoms with Crippen molar-refractivity contribution in [3.8, 4) is 5.88 Å². The minimum Gasteiger partial charge on any atom is -0.471 e. The molecule has 3 aromatic heterocycles. The predicted molar refractivity (Wildman–Crippen MR) is 95.6 cm³/mol. The van der Waals surface area contributed by atoms with Crippen molar-refractivity contribution in [2.24, 2.45) is 7.05 Å². The number of ether oxygens (including phenoxy) is 1. The molecule has 1 aliphatic rings. The molecule has 0 atom stereocenters. The summed E-state index contributed by atoms with van der Waals surface area (Å²) in [5.41, 5.74) is 5.69. The van der Waals surface area contributed by atoms with E-state index in [9.17, 15) is 0 Å². The molecule has 0 fully saturated rings. The molecule has 7 nitrogen and oxygen atoms in total. The summed E-state index contributed by atoms with van der Waals surface area (Å²) >= 11 is 0. The topological polar surface area (TPSA) is 69.2 Å². The van der Waals surface area contributed by atoms with E-state index < -0.39 is 0 Å². The van der Waals surface area contributed by atoms with Crippen molar-refractivity contribution in [1.82, 2.24) is 24.8 Å². The number of aryl methyl sites for hydroxylation is 3. The van der Waals surface area contributed by atoms with Gasteiger partial charge in [-0.1, -0.05) is 11.2 Å². The van der Waals surface area contributed by atoms with Crippen LogP contribution in [0.1, 0.15) is 34.0 Å². The maximum Gasteiger partial charge on any atom is 0.213 e. The molecule has 0 saturated carbocycles. The summed E-state index contributed by atoms with van der Waals surface area (Å²) in [4.78, 5) is 6.63. The molecule has 0 N–H and O–H groups in total. The number of aromatic nitrogens is 4. The quantitative estimate of drug-likeness (QED) is 0.702. The molecule has 0 saturated heterocycles. The fourth-order valence-electron chi connectivity index (χ4n) is 3.50. The van der Waals surface area contributed by atoms with Crippen LogP contribution in [0.2, 0.25) is 0 Å². The van der Waals surface area contributed by atoms with Gasteiger partial charge in [0.05, 0.1) is 5.69 Å². The zero-order chi connectivity index (χ0) is 18.1. The molecule has 0 radical (unpaired) electrons. The standard InChI is InChI=1S/C19H23N5O2/c1-13-15(14(2)26-22-13)10-24-9-7-18-16(11-24)17(21-23(18)3)12-25-19-6-4-5-8-20-19/h4-6,8H,7,9-12H2,1-3H3. The van der Waals surface area contributed by atoms with Crippen LogP contribution in [-0.4, -0.2) is 31.4 Å². The molecule has 136 valence electrons. The number of pyridine rings is 1. The van der Waals surface area contributed by atoms with E-state index in [0.717, 1.165) is 43.2 Å². The third kappa shape index (κ3) is 3.22. The molecule has 26 heavy (non-hydrogen) atoms. The van der Waals surface area contributed by atoms with Crippen molar-refractivity contribution in [3.05, 3.63) is 58.4 Å². The van der Waals surface area contributed by atoms with Crippen molar-refractivity contribution in [2.45, 2.75) is 40.0 Å². The third-order valence-corrected chi connectivity index (χ3v) is 4.96. The first kappa shape index (κ1) is 16.8. The molecule has 0 spiro atoms. The maximum absolute atomic E-state index is 5.82. The van der Waals surface area contributed by atoms with E-state index in [0.29, 0.717) is 12.5 Å². The van der Waals surface area contributed by atoms with Gasteiger partial charge in [0.1, 0.15) is 18.1 Å². The van der Waals surface area contributed by atoms with Crippen LogP contribution in [0.25, 0.3) is 0 Å². The molecule has 0 amide bonds. The second-order valence-corrected chi connectivity index (χ2v) is 6.72. The molecule has 0 unspecified atom stereocenters. The Morgan fingerprint density at radius 2 is 2.15 bits per heavy atom. The Kier molecular flexibility index (Phi) is 4.46. The normalized spacial score (nSPS) is 14.4. The van der Waals surface area contributed by atoms with Crippen LogP contribution in [0.5, 0.6) is 5.88 Å². The van der Waals surface area contributed by atoms with Crippen LogP contribution < -0.4 is 4.74 Å². The smallest absolute Gasteiger partial charge is 0.213 e. The Morgan fingerprint density at radius 1 is 1.27 bits per heavy atom. The van der Waals surface area contributed by atoms with Gasteiger partial charge in [-0.05, 0) is 19.9 Å². The van der Waals surface area contributed by atoms with Gasteiger partial charge in [-0.25, -0.2) is 4.98 Å². The van der Waals surface area contributed by atoms with E-state index in [1.807, 2.05) is 43.8 Å². The average molecular weight is 353 g/mol. The van der Waals surface area contributed by atoms with Gasteiger partial charge in [-0.15, -0.1) is 0 Å². The Balaban J connectivity index is 1.50. The van der Waals surface area contributed by atoms with Crippen LogP contribution in [-0.2, 0) is 33.2 Å². The molecule has 4 heterocycles. The van der Waals surface area contributed by atoms with Gasteiger partial charge in [0.25, 0.3) is 0 Å². The third-order valence-electron chi connectivity index (χ3n) is 4.96. The summed E-state index contributed by atoms with van der Waals surface area (Å²) in [7, 11) is 2.01. The highest BCUT2D eigenvalue weighted by Gasteiger charge is 2.25. The second kappa shape index (κ2) is 6.92. The lowest BCUT2D eigenvalue weighted by molar-refractivity contribution is 0.236. The molecule has 0 aromatic carbocycles. The van der Waals surface area contributed by atoms with Gasteiger partial charge in [-0.2, -0.15) is 5.10 Å². The Bertz CT molecular complexity index is 881. The highest BCUT2D eigenvalue weighted by molar-refractivity contribution is 5.29. The number of hydrogen-bond acceptors (Lipinski definition) is 6. The van der Waals surface area contributed by atoms with Crippen LogP contribution in [0.3, 0.4) is 0 Å². The van der Waals surface area contributed by atoms with E-state index >= 15 is 0 Å². The van der Waals surface area contributed by atoms with Crippen LogP contribution >= 0.6 is 0 Å². The predicted octanol–water partition coefficient (Wildman–Crippen LogP) is 2.56. The highest BCUT2D eigenvalue weighted by atomic mass is 16.5. The van der Waals surface area contributed by atoms with E-state index in [-0.39, 0.29) is 0 Å². The Hall–Kier alpha value is -2.67. The van der Waals surface area contributed by atoms with Crippen molar-refractivity contribution in [2.75, 3.05) is 6.54 Å². The summed E-state index contributed by atoms with van der Waals surface area (Å²) in [5.74, 6) is 1.52. The second-order valence-electron chi connectivity index (χ2n) is 6.72. The lowest BCUT2D eigenvalue weighted by Crippen LogP contribution is -2.31. The van der Waals surface area contributed by atoms with Crippen LogP contribution in [0.4, 0.5) is 0 Å². The summed E-state index contributed by atoms with van der Waals surface area (Å²) < 4.78 is 13.1. The summed E-state index contributed by atoms with van der Waals surface area (Å²) in [6.07, 6.45) is 2.71. The summed E-state index contributed by atoms with van der Waals surface area (Å²) in [6.45, 7) is 7.10. The first-order valence-electron chi connectivity index (χ1n) is 8.83.